The van der Waals surface area contributed by atoms with Gasteiger partial charge in [-0.3, -0.25) is 9.59 Å². The molecule has 5 nitrogen and oxygen atoms in total. The molecule has 1 aliphatic rings. The van der Waals surface area contributed by atoms with Gasteiger partial charge in [0.05, 0.1) is 18.5 Å². The standard InChI is InChI=1S/C18H15NO4/c1-11(20)13-5-6-16-15(8-13)9-17(21)19(16)10-12-3-2-4-14(7-12)18(22)23/h2-8H,9-10H2,1H3,(H,22,23). The third-order valence-corrected chi connectivity index (χ3v) is 3.93. The molecule has 0 fully saturated rings. The second-order valence-corrected chi connectivity index (χ2v) is 5.56. The van der Waals surface area contributed by atoms with E-state index in [1.165, 1.54) is 13.0 Å². The van der Waals surface area contributed by atoms with E-state index >= 15 is 0 Å². The lowest BCUT2D eigenvalue weighted by Crippen LogP contribution is -2.26. The summed E-state index contributed by atoms with van der Waals surface area (Å²) in [6.07, 6.45) is 0.259. The van der Waals surface area contributed by atoms with E-state index in [4.69, 9.17) is 5.11 Å². The molecule has 0 saturated carbocycles. The molecule has 0 saturated heterocycles. The van der Waals surface area contributed by atoms with Crippen molar-refractivity contribution in [3.63, 3.8) is 0 Å². The van der Waals surface area contributed by atoms with Crippen molar-refractivity contribution in [2.45, 2.75) is 19.9 Å². The van der Waals surface area contributed by atoms with Crippen molar-refractivity contribution in [2.75, 3.05) is 4.90 Å². The molecule has 0 unspecified atom stereocenters. The largest absolute Gasteiger partial charge is 0.478 e. The summed E-state index contributed by atoms with van der Waals surface area (Å²) >= 11 is 0. The molecule has 2 aromatic rings. The maximum atomic E-state index is 12.3. The van der Waals surface area contributed by atoms with Crippen molar-refractivity contribution in [3.05, 3.63) is 64.7 Å². The van der Waals surface area contributed by atoms with Crippen molar-refractivity contribution in [2.24, 2.45) is 0 Å². The summed E-state index contributed by atoms with van der Waals surface area (Å²) < 4.78 is 0. The van der Waals surface area contributed by atoms with Gasteiger partial charge in [-0.2, -0.15) is 0 Å². The topological polar surface area (TPSA) is 74.7 Å². The number of hydrogen-bond acceptors (Lipinski definition) is 3. The summed E-state index contributed by atoms with van der Waals surface area (Å²) in [7, 11) is 0. The predicted molar refractivity (Wildman–Crippen MR) is 84.7 cm³/mol. The Balaban J connectivity index is 1.91. The lowest BCUT2D eigenvalue weighted by atomic mass is 10.1. The zero-order valence-electron chi connectivity index (χ0n) is 12.6. The molecule has 2 aromatic carbocycles. The van der Waals surface area contributed by atoms with E-state index in [2.05, 4.69) is 0 Å². The Morgan fingerprint density at radius 3 is 2.61 bits per heavy atom. The average Bonchev–Trinajstić information content (AvgIpc) is 2.82. The van der Waals surface area contributed by atoms with Gasteiger partial charge in [-0.25, -0.2) is 4.79 Å². The SMILES string of the molecule is CC(=O)c1ccc2c(c1)CC(=O)N2Cc1cccc(C(=O)O)c1. The fourth-order valence-corrected chi connectivity index (χ4v) is 2.76. The van der Waals surface area contributed by atoms with Crippen molar-refractivity contribution in [1.29, 1.82) is 0 Å². The minimum absolute atomic E-state index is 0.0344. The summed E-state index contributed by atoms with van der Waals surface area (Å²) in [6, 6.07) is 11.8. The predicted octanol–water partition coefficient (Wildman–Crippen LogP) is 2.68. The van der Waals surface area contributed by atoms with Gasteiger partial charge in [-0.05, 0) is 48.4 Å². The fourth-order valence-electron chi connectivity index (χ4n) is 2.76. The van der Waals surface area contributed by atoms with Crippen LogP contribution < -0.4 is 4.90 Å². The first-order valence-corrected chi connectivity index (χ1v) is 7.22. The second-order valence-electron chi connectivity index (χ2n) is 5.56. The molecule has 116 valence electrons. The van der Waals surface area contributed by atoms with Crippen LogP contribution in [0.3, 0.4) is 0 Å². The number of amides is 1. The van der Waals surface area contributed by atoms with Crippen molar-refractivity contribution in [3.8, 4) is 0 Å². The van der Waals surface area contributed by atoms with E-state index in [1.807, 2.05) is 0 Å². The quantitative estimate of drug-likeness (QED) is 0.881. The number of carbonyl (C=O) groups excluding carboxylic acids is 2. The van der Waals surface area contributed by atoms with Gasteiger partial charge in [0, 0.05) is 11.3 Å². The number of ketones is 1. The minimum Gasteiger partial charge on any atom is -0.478 e. The summed E-state index contributed by atoms with van der Waals surface area (Å²) in [5, 5.41) is 9.05. The van der Waals surface area contributed by atoms with Crippen LogP contribution in [0.5, 0.6) is 0 Å². The number of carboxylic acids is 1. The highest BCUT2D eigenvalue weighted by Gasteiger charge is 2.27. The van der Waals surface area contributed by atoms with Gasteiger partial charge in [0.2, 0.25) is 5.91 Å². The molecule has 0 aliphatic carbocycles. The highest BCUT2D eigenvalue weighted by Crippen LogP contribution is 2.31. The summed E-state index contributed by atoms with van der Waals surface area (Å²) in [5.74, 6) is -1.08. The summed E-state index contributed by atoms with van der Waals surface area (Å²) in [4.78, 5) is 36.4. The fraction of sp³-hybridized carbons (Fsp3) is 0.167. The van der Waals surface area contributed by atoms with E-state index in [9.17, 15) is 14.4 Å². The number of anilines is 1. The Labute approximate surface area is 133 Å². The van der Waals surface area contributed by atoms with E-state index in [0.29, 0.717) is 12.1 Å². The molecule has 1 aliphatic heterocycles. The molecule has 3 rings (SSSR count). The Hall–Kier alpha value is -2.95. The number of aromatic carboxylic acids is 1. The highest BCUT2D eigenvalue weighted by molar-refractivity contribution is 6.03. The zero-order chi connectivity index (χ0) is 16.6. The van der Waals surface area contributed by atoms with Gasteiger partial charge in [0.1, 0.15) is 0 Å². The molecule has 5 heteroatoms. The third-order valence-electron chi connectivity index (χ3n) is 3.93. The molecule has 0 spiro atoms. The number of benzene rings is 2. The van der Waals surface area contributed by atoms with Gasteiger partial charge in [0.15, 0.2) is 5.78 Å². The van der Waals surface area contributed by atoms with Crippen LogP contribution in [0, 0.1) is 0 Å². The Kier molecular flexibility index (Phi) is 3.70. The van der Waals surface area contributed by atoms with E-state index in [-0.39, 0.29) is 23.7 Å². The lowest BCUT2D eigenvalue weighted by Gasteiger charge is -2.18. The van der Waals surface area contributed by atoms with E-state index in [0.717, 1.165) is 16.8 Å². The average molecular weight is 309 g/mol. The zero-order valence-corrected chi connectivity index (χ0v) is 12.6. The van der Waals surface area contributed by atoms with Crippen LogP contribution in [0.4, 0.5) is 5.69 Å². The van der Waals surface area contributed by atoms with Gasteiger partial charge < -0.3 is 10.0 Å². The van der Waals surface area contributed by atoms with Crippen molar-refractivity contribution < 1.29 is 19.5 Å². The first-order valence-electron chi connectivity index (χ1n) is 7.22. The van der Waals surface area contributed by atoms with Gasteiger partial charge in [-0.1, -0.05) is 12.1 Å². The summed E-state index contributed by atoms with van der Waals surface area (Å²) in [5.41, 5.74) is 3.15. The Bertz CT molecular complexity index is 826. The first-order chi connectivity index (χ1) is 11.0. The lowest BCUT2D eigenvalue weighted by molar-refractivity contribution is -0.117. The van der Waals surface area contributed by atoms with Crippen LogP contribution in [0.1, 0.15) is 38.8 Å². The van der Waals surface area contributed by atoms with E-state index in [1.54, 1.807) is 41.3 Å². The molecule has 0 atom stereocenters. The number of fused-ring (bicyclic) bond motifs is 1. The van der Waals surface area contributed by atoms with Crippen molar-refractivity contribution in [1.82, 2.24) is 0 Å². The molecule has 1 amide bonds. The Morgan fingerprint density at radius 1 is 1.13 bits per heavy atom. The highest BCUT2D eigenvalue weighted by atomic mass is 16.4. The smallest absolute Gasteiger partial charge is 0.335 e. The van der Waals surface area contributed by atoms with Crippen LogP contribution in [0.15, 0.2) is 42.5 Å². The Morgan fingerprint density at radius 2 is 1.91 bits per heavy atom. The molecule has 0 aromatic heterocycles. The van der Waals surface area contributed by atoms with Gasteiger partial charge >= 0.3 is 5.97 Å². The van der Waals surface area contributed by atoms with Crippen LogP contribution in [0.2, 0.25) is 0 Å². The molecule has 23 heavy (non-hydrogen) atoms. The maximum Gasteiger partial charge on any atom is 0.335 e. The molecule has 1 heterocycles. The number of carbonyl (C=O) groups is 3. The number of carboxylic acid groups (broad SMARTS) is 1. The normalized spacial score (nSPS) is 13.1. The van der Waals surface area contributed by atoms with Gasteiger partial charge in [0.25, 0.3) is 0 Å². The van der Waals surface area contributed by atoms with Crippen LogP contribution in [0.25, 0.3) is 0 Å². The molecule has 1 N–H and O–H groups in total. The van der Waals surface area contributed by atoms with Crippen LogP contribution in [-0.2, 0) is 17.8 Å². The van der Waals surface area contributed by atoms with Crippen molar-refractivity contribution >= 4 is 23.3 Å². The van der Waals surface area contributed by atoms with Crippen LogP contribution in [-0.4, -0.2) is 22.8 Å². The van der Waals surface area contributed by atoms with E-state index < -0.39 is 5.97 Å². The number of hydrogen-bond donors (Lipinski definition) is 1. The molecular weight excluding hydrogens is 294 g/mol. The second kappa shape index (κ2) is 5.68. The maximum absolute atomic E-state index is 12.3. The van der Waals surface area contributed by atoms with Crippen LogP contribution >= 0.6 is 0 Å². The molecule has 0 radical (unpaired) electrons. The minimum atomic E-state index is -0.994. The number of nitrogens with zero attached hydrogens (tertiary/aromatic N) is 1. The number of Topliss-reactive ketones (excluding diaryl/α,β-unsaturated/α-hetero) is 1. The third kappa shape index (κ3) is 2.85. The monoisotopic (exact) mass is 309 g/mol. The number of rotatable bonds is 4. The summed E-state index contributed by atoms with van der Waals surface area (Å²) in [6.45, 7) is 1.81. The molecule has 0 bridgehead atoms. The van der Waals surface area contributed by atoms with Gasteiger partial charge in [-0.15, -0.1) is 0 Å². The molecular formula is C18H15NO4. The first kappa shape index (κ1) is 15.0.